The van der Waals surface area contributed by atoms with Crippen molar-refractivity contribution in [3.63, 3.8) is 0 Å². The molecule has 1 saturated heterocycles. The normalized spacial score (nSPS) is 14.1. The molecule has 9 nitrogen and oxygen atoms in total. The number of fused-ring (bicyclic) bond motifs is 1. The highest BCUT2D eigenvalue weighted by molar-refractivity contribution is 7.99. The number of pyridine rings is 2. The van der Waals surface area contributed by atoms with Crippen molar-refractivity contribution in [2.75, 3.05) is 18.4 Å². The van der Waals surface area contributed by atoms with Gasteiger partial charge < -0.3 is 20.1 Å². The number of anilines is 2. The number of piperidine rings is 1. The molecule has 1 aliphatic heterocycles. The molecule has 0 saturated carbocycles. The third-order valence-electron chi connectivity index (χ3n) is 6.13. The maximum absolute atomic E-state index is 11.2. The Morgan fingerprint density at radius 2 is 1.97 bits per heavy atom. The van der Waals surface area contributed by atoms with Crippen LogP contribution in [0.25, 0.3) is 10.2 Å². The van der Waals surface area contributed by atoms with Crippen LogP contribution >= 0.6 is 34.6 Å². The molecule has 0 spiro atoms. The van der Waals surface area contributed by atoms with Crippen LogP contribution in [0.2, 0.25) is 0 Å². The number of nitrogens with zero attached hydrogens (tertiary/aromatic N) is 5. The third kappa shape index (κ3) is 5.42. The van der Waals surface area contributed by atoms with Crippen molar-refractivity contribution >= 4 is 61.9 Å². The van der Waals surface area contributed by atoms with Crippen LogP contribution in [0.1, 0.15) is 24.6 Å². The number of hydrogen-bond donors (Lipinski definition) is 2. The molecule has 12 heteroatoms. The van der Waals surface area contributed by atoms with Crippen LogP contribution in [0.15, 0.2) is 76.1 Å². The lowest BCUT2D eigenvalue weighted by Gasteiger charge is -2.28. The van der Waals surface area contributed by atoms with Gasteiger partial charge in [-0.3, -0.25) is 4.98 Å². The van der Waals surface area contributed by atoms with Gasteiger partial charge in [0.2, 0.25) is 5.13 Å². The number of rotatable bonds is 7. The summed E-state index contributed by atoms with van der Waals surface area (Å²) in [6.45, 7) is 0.986. The monoisotopic (exact) mass is 562 g/mol. The molecule has 0 atom stereocenters. The van der Waals surface area contributed by atoms with E-state index in [2.05, 4.69) is 24.6 Å². The van der Waals surface area contributed by atoms with E-state index in [0.717, 1.165) is 25.8 Å². The smallest absolute Gasteiger partial charge is 0.407 e. The van der Waals surface area contributed by atoms with Gasteiger partial charge in [0.25, 0.3) is 0 Å². The Kier molecular flexibility index (Phi) is 7.08. The van der Waals surface area contributed by atoms with E-state index in [-0.39, 0.29) is 5.92 Å². The van der Waals surface area contributed by atoms with Gasteiger partial charge in [0.15, 0.2) is 11.6 Å². The Morgan fingerprint density at radius 3 is 2.79 bits per heavy atom. The molecule has 1 aliphatic rings. The van der Waals surface area contributed by atoms with Crippen molar-refractivity contribution in [2.45, 2.75) is 28.6 Å². The number of thiophene rings is 1. The van der Waals surface area contributed by atoms with Crippen molar-refractivity contribution in [1.82, 2.24) is 24.2 Å². The summed E-state index contributed by atoms with van der Waals surface area (Å²) in [5.74, 6) is 2.69. The van der Waals surface area contributed by atoms with Crippen LogP contribution in [0.4, 0.5) is 15.7 Å². The van der Waals surface area contributed by atoms with Gasteiger partial charge in [-0.1, -0.05) is 30.0 Å². The topological polar surface area (TPSA) is 113 Å². The minimum atomic E-state index is -0.876. The SMILES string of the molecule is O=C(O)N1CCC(c2nsc(Nc3ncc(Sc4ccnc5ccsc45)cc3Oc3ccccc3)n2)CC1. The molecule has 1 amide bonds. The van der Waals surface area contributed by atoms with Gasteiger partial charge in [-0.15, -0.1) is 11.3 Å². The molecule has 38 heavy (non-hydrogen) atoms. The van der Waals surface area contributed by atoms with Crippen LogP contribution < -0.4 is 10.1 Å². The first-order valence-electron chi connectivity index (χ1n) is 11.9. The molecule has 0 aliphatic carbocycles. The number of hydrogen-bond acceptors (Lipinski definition) is 10. The van der Waals surface area contributed by atoms with Gasteiger partial charge in [0, 0.05) is 58.8 Å². The molecule has 1 fully saturated rings. The Balaban J connectivity index is 1.24. The molecule has 0 radical (unpaired) electrons. The lowest BCUT2D eigenvalue weighted by molar-refractivity contribution is 0.131. The van der Waals surface area contributed by atoms with Gasteiger partial charge in [-0.2, -0.15) is 4.37 Å². The summed E-state index contributed by atoms with van der Waals surface area (Å²) in [5.41, 5.74) is 0.979. The standard InChI is InChI=1S/C26H22N6O3S3/c33-26(34)32-11-7-16(8-12-32)23-29-25(38-31-23)30-24-20(35-17-4-2-1-3-5-17)14-18(15-28-24)37-21-6-10-27-19-9-13-36-22(19)21/h1-6,9-10,13-16H,7-8,11-12H2,(H,33,34)(H,28,29,30,31). The summed E-state index contributed by atoms with van der Waals surface area (Å²) in [7, 11) is 0. The summed E-state index contributed by atoms with van der Waals surface area (Å²) in [6, 6.07) is 15.6. The Morgan fingerprint density at radius 1 is 1.13 bits per heavy atom. The molecule has 5 aromatic rings. The first-order valence-corrected chi connectivity index (χ1v) is 14.4. The Hall–Kier alpha value is -3.74. The van der Waals surface area contributed by atoms with Gasteiger partial charge in [0.05, 0.1) is 10.2 Å². The Bertz CT molecular complexity index is 1570. The first-order chi connectivity index (χ1) is 18.6. The predicted octanol–water partition coefficient (Wildman–Crippen LogP) is 7.09. The molecular weight excluding hydrogens is 541 g/mol. The van der Waals surface area contributed by atoms with Crippen molar-refractivity contribution in [3.8, 4) is 11.5 Å². The minimum absolute atomic E-state index is 0.138. The maximum Gasteiger partial charge on any atom is 0.407 e. The lowest BCUT2D eigenvalue weighted by atomic mass is 9.96. The summed E-state index contributed by atoms with van der Waals surface area (Å²) in [5, 5.41) is 15.1. The Labute approximate surface area is 230 Å². The molecule has 5 heterocycles. The van der Waals surface area contributed by atoms with E-state index in [1.54, 1.807) is 23.1 Å². The van der Waals surface area contributed by atoms with Crippen LogP contribution in [0, 0.1) is 0 Å². The average Bonchev–Trinajstić information content (AvgIpc) is 3.61. The second-order valence-electron chi connectivity index (χ2n) is 8.61. The minimum Gasteiger partial charge on any atom is -0.465 e. The summed E-state index contributed by atoms with van der Waals surface area (Å²) >= 11 is 4.54. The van der Waals surface area contributed by atoms with Crippen molar-refractivity contribution < 1.29 is 14.6 Å². The number of para-hydroxylation sites is 1. The molecule has 0 unspecified atom stereocenters. The number of benzene rings is 1. The number of carboxylic acid groups (broad SMARTS) is 1. The van der Waals surface area contributed by atoms with Crippen LogP contribution in [0.3, 0.4) is 0 Å². The molecular formula is C26H22N6O3S3. The maximum atomic E-state index is 11.2. The van der Waals surface area contributed by atoms with E-state index < -0.39 is 6.09 Å². The highest BCUT2D eigenvalue weighted by Crippen LogP contribution is 2.39. The third-order valence-corrected chi connectivity index (χ3v) is 8.86. The van der Waals surface area contributed by atoms with E-state index in [4.69, 9.17) is 4.74 Å². The van der Waals surface area contributed by atoms with E-state index in [0.29, 0.717) is 48.4 Å². The molecule has 1 aromatic carbocycles. The fourth-order valence-electron chi connectivity index (χ4n) is 4.21. The number of ether oxygens (including phenoxy) is 1. The summed E-state index contributed by atoms with van der Waals surface area (Å²) in [6.07, 6.45) is 4.18. The van der Waals surface area contributed by atoms with Crippen molar-refractivity contribution in [1.29, 1.82) is 0 Å². The largest absolute Gasteiger partial charge is 0.465 e. The quantitative estimate of drug-likeness (QED) is 0.215. The fraction of sp³-hybridized carbons (Fsp3) is 0.192. The summed E-state index contributed by atoms with van der Waals surface area (Å²) in [4.78, 5) is 28.5. The van der Waals surface area contributed by atoms with Crippen LogP contribution in [-0.2, 0) is 0 Å². The highest BCUT2D eigenvalue weighted by Gasteiger charge is 2.26. The van der Waals surface area contributed by atoms with E-state index >= 15 is 0 Å². The van der Waals surface area contributed by atoms with Gasteiger partial charge in [-0.05, 0) is 42.5 Å². The number of nitrogens with one attached hydrogen (secondary N) is 1. The number of likely N-dealkylation sites (tertiary alicyclic amines) is 1. The van der Waals surface area contributed by atoms with Crippen LogP contribution in [-0.4, -0.2) is 48.5 Å². The molecule has 192 valence electrons. The first kappa shape index (κ1) is 24.6. The summed E-state index contributed by atoms with van der Waals surface area (Å²) < 4.78 is 11.9. The second kappa shape index (κ2) is 10.9. The number of aromatic nitrogens is 4. The zero-order valence-electron chi connectivity index (χ0n) is 20.0. The highest BCUT2D eigenvalue weighted by atomic mass is 32.2. The second-order valence-corrected chi connectivity index (χ2v) is 11.4. The van der Waals surface area contributed by atoms with Crippen molar-refractivity contribution in [3.05, 3.63) is 72.1 Å². The molecule has 2 N–H and O–H groups in total. The number of amides is 1. The van der Waals surface area contributed by atoms with Crippen LogP contribution in [0.5, 0.6) is 11.5 Å². The number of carbonyl (C=O) groups is 1. The predicted molar refractivity (Wildman–Crippen MR) is 149 cm³/mol. The molecule has 4 aromatic heterocycles. The van der Waals surface area contributed by atoms with Crippen molar-refractivity contribution in [2.24, 2.45) is 0 Å². The zero-order valence-corrected chi connectivity index (χ0v) is 22.4. The molecule has 6 rings (SSSR count). The van der Waals surface area contributed by atoms with E-state index in [1.165, 1.54) is 16.4 Å². The molecule has 0 bridgehead atoms. The van der Waals surface area contributed by atoms with Gasteiger partial charge >= 0.3 is 6.09 Å². The fourth-order valence-corrected chi connectivity index (χ4v) is 6.73. The zero-order chi connectivity index (χ0) is 25.9. The van der Waals surface area contributed by atoms with Gasteiger partial charge in [-0.25, -0.2) is 14.8 Å². The van der Waals surface area contributed by atoms with Gasteiger partial charge in [0.1, 0.15) is 11.6 Å². The van der Waals surface area contributed by atoms with E-state index in [1.807, 2.05) is 66.3 Å². The lowest BCUT2D eigenvalue weighted by Crippen LogP contribution is -2.37. The van der Waals surface area contributed by atoms with E-state index in [9.17, 15) is 9.90 Å². The average molecular weight is 563 g/mol.